The SMILES string of the molecule is CCN(CCNC(=O)C=Cc1ccc(N2CCCC2=O)cc1)C1CC1. The molecule has 1 aliphatic carbocycles. The molecule has 1 heterocycles. The van der Waals surface area contributed by atoms with Crippen molar-refractivity contribution in [2.75, 3.05) is 31.1 Å². The minimum absolute atomic E-state index is 0.0642. The normalized spacial score (nSPS) is 17.7. The van der Waals surface area contributed by atoms with E-state index in [0.717, 1.165) is 43.3 Å². The number of nitrogens with zero attached hydrogens (tertiary/aromatic N) is 2. The first-order chi connectivity index (χ1) is 12.2. The summed E-state index contributed by atoms with van der Waals surface area (Å²) in [5.74, 6) is 0.126. The lowest BCUT2D eigenvalue weighted by atomic mass is 10.2. The predicted octanol–water partition coefficient (Wildman–Crippen LogP) is 2.43. The number of amides is 2. The Morgan fingerprint density at radius 2 is 2.08 bits per heavy atom. The maximum Gasteiger partial charge on any atom is 0.244 e. The first kappa shape index (κ1) is 17.7. The molecule has 1 saturated carbocycles. The summed E-state index contributed by atoms with van der Waals surface area (Å²) in [7, 11) is 0. The Morgan fingerprint density at radius 3 is 2.68 bits per heavy atom. The topological polar surface area (TPSA) is 52.7 Å². The van der Waals surface area contributed by atoms with E-state index in [1.165, 1.54) is 12.8 Å². The van der Waals surface area contributed by atoms with Crippen LogP contribution in [0.4, 0.5) is 5.69 Å². The molecule has 2 amide bonds. The average molecular weight is 341 g/mol. The number of anilines is 1. The monoisotopic (exact) mass is 341 g/mol. The van der Waals surface area contributed by atoms with Crippen molar-refractivity contribution in [2.24, 2.45) is 0 Å². The molecule has 25 heavy (non-hydrogen) atoms. The molecule has 1 N–H and O–H groups in total. The van der Waals surface area contributed by atoms with Crippen LogP contribution in [0, 0.1) is 0 Å². The fourth-order valence-electron chi connectivity index (χ4n) is 3.28. The summed E-state index contributed by atoms with van der Waals surface area (Å²) in [4.78, 5) is 27.9. The summed E-state index contributed by atoms with van der Waals surface area (Å²) >= 11 is 0. The van der Waals surface area contributed by atoms with E-state index in [9.17, 15) is 9.59 Å². The highest BCUT2D eigenvalue weighted by atomic mass is 16.2. The van der Waals surface area contributed by atoms with Crippen LogP contribution in [-0.2, 0) is 9.59 Å². The smallest absolute Gasteiger partial charge is 0.244 e. The van der Waals surface area contributed by atoms with Crippen molar-refractivity contribution in [3.05, 3.63) is 35.9 Å². The van der Waals surface area contributed by atoms with Crippen LogP contribution in [-0.4, -0.2) is 48.9 Å². The summed E-state index contributed by atoms with van der Waals surface area (Å²) in [5, 5.41) is 2.94. The van der Waals surface area contributed by atoms with Gasteiger partial charge in [-0.25, -0.2) is 0 Å². The van der Waals surface area contributed by atoms with E-state index >= 15 is 0 Å². The number of likely N-dealkylation sites (N-methyl/N-ethyl adjacent to an activating group) is 1. The highest BCUT2D eigenvalue weighted by Crippen LogP contribution is 2.25. The van der Waals surface area contributed by atoms with Crippen LogP contribution in [0.3, 0.4) is 0 Å². The maximum atomic E-state index is 11.9. The molecule has 134 valence electrons. The molecule has 3 rings (SSSR count). The minimum Gasteiger partial charge on any atom is -0.351 e. The van der Waals surface area contributed by atoms with Crippen LogP contribution in [0.1, 0.15) is 38.2 Å². The molecule has 0 unspecified atom stereocenters. The van der Waals surface area contributed by atoms with Crippen molar-refractivity contribution >= 4 is 23.6 Å². The Morgan fingerprint density at radius 1 is 1.32 bits per heavy atom. The number of benzene rings is 1. The van der Waals surface area contributed by atoms with Gasteiger partial charge < -0.3 is 10.2 Å². The molecule has 2 fully saturated rings. The van der Waals surface area contributed by atoms with Gasteiger partial charge in [0, 0.05) is 43.9 Å². The second-order valence-corrected chi connectivity index (χ2v) is 6.72. The van der Waals surface area contributed by atoms with Crippen LogP contribution in [0.25, 0.3) is 6.08 Å². The molecule has 1 aromatic carbocycles. The maximum absolute atomic E-state index is 11.9. The standard InChI is InChI=1S/C20H27N3O2/c1-2-22(17-10-11-17)15-13-21-19(24)12-7-16-5-8-18(9-6-16)23-14-3-4-20(23)25/h5-9,12,17H,2-4,10-11,13-15H2,1H3,(H,21,24). The van der Waals surface area contributed by atoms with Gasteiger partial charge in [-0.05, 0) is 49.6 Å². The Kier molecular flexibility index (Phi) is 5.87. The van der Waals surface area contributed by atoms with Crippen molar-refractivity contribution < 1.29 is 9.59 Å². The molecular weight excluding hydrogens is 314 g/mol. The fraction of sp³-hybridized carbons (Fsp3) is 0.500. The number of carbonyl (C=O) groups excluding carboxylic acids is 2. The molecule has 0 atom stereocenters. The molecule has 0 bridgehead atoms. The highest BCUT2D eigenvalue weighted by molar-refractivity contribution is 5.95. The van der Waals surface area contributed by atoms with E-state index in [1.54, 1.807) is 6.08 Å². The molecule has 0 radical (unpaired) electrons. The number of nitrogens with one attached hydrogen (secondary N) is 1. The Bertz CT molecular complexity index is 635. The van der Waals surface area contributed by atoms with Gasteiger partial charge in [0.25, 0.3) is 0 Å². The summed E-state index contributed by atoms with van der Waals surface area (Å²) in [5.41, 5.74) is 1.89. The van der Waals surface area contributed by atoms with E-state index in [2.05, 4.69) is 17.1 Å². The lowest BCUT2D eigenvalue weighted by Gasteiger charge is -2.19. The van der Waals surface area contributed by atoms with E-state index < -0.39 is 0 Å². The third-order valence-electron chi connectivity index (χ3n) is 4.87. The molecule has 0 spiro atoms. The van der Waals surface area contributed by atoms with Gasteiger partial charge in [0.1, 0.15) is 0 Å². The summed E-state index contributed by atoms with van der Waals surface area (Å²) in [6, 6.07) is 8.50. The number of carbonyl (C=O) groups is 2. The van der Waals surface area contributed by atoms with Crippen molar-refractivity contribution in [1.29, 1.82) is 0 Å². The van der Waals surface area contributed by atoms with Gasteiger partial charge in [-0.3, -0.25) is 14.5 Å². The Hall–Kier alpha value is -2.14. The molecule has 1 aliphatic heterocycles. The molecule has 1 saturated heterocycles. The Balaban J connectivity index is 1.44. The largest absolute Gasteiger partial charge is 0.351 e. The zero-order valence-corrected chi connectivity index (χ0v) is 14.9. The van der Waals surface area contributed by atoms with E-state index in [-0.39, 0.29) is 11.8 Å². The fourth-order valence-corrected chi connectivity index (χ4v) is 3.28. The zero-order chi connectivity index (χ0) is 17.6. The third kappa shape index (κ3) is 4.92. The lowest BCUT2D eigenvalue weighted by Crippen LogP contribution is -2.35. The first-order valence-electron chi connectivity index (χ1n) is 9.28. The molecule has 5 nitrogen and oxygen atoms in total. The van der Waals surface area contributed by atoms with Gasteiger partial charge in [0.2, 0.25) is 11.8 Å². The van der Waals surface area contributed by atoms with Crippen molar-refractivity contribution in [2.45, 2.75) is 38.6 Å². The number of rotatable bonds is 8. The highest BCUT2D eigenvalue weighted by Gasteiger charge is 2.27. The van der Waals surface area contributed by atoms with E-state index in [1.807, 2.05) is 35.2 Å². The van der Waals surface area contributed by atoms with Gasteiger partial charge in [-0.2, -0.15) is 0 Å². The van der Waals surface area contributed by atoms with Gasteiger partial charge in [-0.1, -0.05) is 19.1 Å². The lowest BCUT2D eigenvalue weighted by molar-refractivity contribution is -0.117. The quantitative estimate of drug-likeness (QED) is 0.739. The van der Waals surface area contributed by atoms with Crippen LogP contribution >= 0.6 is 0 Å². The molecule has 5 heteroatoms. The molecular formula is C20H27N3O2. The molecule has 0 aromatic heterocycles. The van der Waals surface area contributed by atoms with Crippen molar-refractivity contribution in [3.8, 4) is 0 Å². The van der Waals surface area contributed by atoms with Crippen molar-refractivity contribution in [1.82, 2.24) is 10.2 Å². The molecule has 2 aliphatic rings. The zero-order valence-electron chi connectivity index (χ0n) is 14.9. The van der Waals surface area contributed by atoms with Crippen LogP contribution < -0.4 is 10.2 Å². The Labute approximate surface area is 149 Å². The summed E-state index contributed by atoms with van der Waals surface area (Å²) < 4.78 is 0. The van der Waals surface area contributed by atoms with E-state index in [4.69, 9.17) is 0 Å². The third-order valence-corrected chi connectivity index (χ3v) is 4.87. The number of hydrogen-bond donors (Lipinski definition) is 1. The first-order valence-corrected chi connectivity index (χ1v) is 9.28. The van der Waals surface area contributed by atoms with Crippen LogP contribution in [0.15, 0.2) is 30.3 Å². The molecule has 1 aromatic rings. The van der Waals surface area contributed by atoms with Gasteiger partial charge in [-0.15, -0.1) is 0 Å². The predicted molar refractivity (Wildman–Crippen MR) is 100 cm³/mol. The van der Waals surface area contributed by atoms with E-state index in [0.29, 0.717) is 13.0 Å². The van der Waals surface area contributed by atoms with Gasteiger partial charge in [0.05, 0.1) is 0 Å². The van der Waals surface area contributed by atoms with Crippen LogP contribution in [0.2, 0.25) is 0 Å². The van der Waals surface area contributed by atoms with Crippen LogP contribution in [0.5, 0.6) is 0 Å². The summed E-state index contributed by atoms with van der Waals surface area (Å²) in [6.45, 7) is 5.61. The van der Waals surface area contributed by atoms with Gasteiger partial charge >= 0.3 is 0 Å². The average Bonchev–Trinajstić information content (AvgIpc) is 3.38. The summed E-state index contributed by atoms with van der Waals surface area (Å²) in [6.07, 6.45) is 7.53. The minimum atomic E-state index is -0.0642. The number of hydrogen-bond acceptors (Lipinski definition) is 3. The second-order valence-electron chi connectivity index (χ2n) is 6.72. The van der Waals surface area contributed by atoms with Gasteiger partial charge in [0.15, 0.2) is 0 Å². The second kappa shape index (κ2) is 8.30. The van der Waals surface area contributed by atoms with Crippen molar-refractivity contribution in [3.63, 3.8) is 0 Å².